The Morgan fingerprint density at radius 3 is 1.24 bits per heavy atom. The summed E-state index contributed by atoms with van der Waals surface area (Å²) < 4.78 is 34.9. The van der Waals surface area contributed by atoms with Gasteiger partial charge in [0.05, 0.1) is 18.6 Å². The lowest BCUT2D eigenvalue weighted by molar-refractivity contribution is -0.151. The summed E-state index contributed by atoms with van der Waals surface area (Å²) in [5.74, 6) is 0.420. The molecule has 0 radical (unpaired) electrons. The van der Waals surface area contributed by atoms with E-state index in [9.17, 15) is 19.2 Å². The van der Waals surface area contributed by atoms with Gasteiger partial charge in [-0.3, -0.25) is 9.59 Å². The van der Waals surface area contributed by atoms with Crippen molar-refractivity contribution in [2.75, 3.05) is 37.9 Å². The summed E-state index contributed by atoms with van der Waals surface area (Å²) in [6, 6.07) is 53.0. The maximum Gasteiger partial charge on any atom is 0.333 e. The molecule has 0 fully saturated rings. The molecule has 0 amide bonds. The van der Waals surface area contributed by atoms with E-state index in [0.717, 1.165) is 43.2 Å². The highest BCUT2D eigenvalue weighted by Gasteiger charge is 2.46. The number of esters is 4. The van der Waals surface area contributed by atoms with E-state index in [1.54, 1.807) is 37.4 Å². The predicted molar refractivity (Wildman–Crippen MR) is 279 cm³/mol. The second kappa shape index (κ2) is 25.7. The first-order chi connectivity index (χ1) is 34.5. The highest BCUT2D eigenvalue weighted by atomic mass is 32.2. The van der Waals surface area contributed by atoms with E-state index in [2.05, 4.69) is 86.0 Å². The summed E-state index contributed by atoms with van der Waals surface area (Å²) in [5, 5.41) is 0. The maximum absolute atomic E-state index is 13.0. The SMILES string of the molecule is C=C(C)C(=O)OCCCC(=O)OC(COc1ccc(C2(c3ccc(OCC(CSc4ccccc4)OC(=O)CCCOC(=O)C(=C)C)cc3)c3ccccc3-c3ccccc32)cc1)CSc1ccccc1. The number of hydrogen-bond donors (Lipinski definition) is 0. The van der Waals surface area contributed by atoms with E-state index in [0.29, 0.717) is 47.0 Å². The molecule has 0 N–H and O–H groups in total. The zero-order chi connectivity index (χ0) is 50.0. The van der Waals surface area contributed by atoms with Crippen molar-refractivity contribution < 1.29 is 47.6 Å². The minimum atomic E-state index is -0.698. The van der Waals surface area contributed by atoms with Gasteiger partial charge in [0, 0.05) is 45.3 Å². The van der Waals surface area contributed by atoms with Gasteiger partial charge >= 0.3 is 23.9 Å². The quantitative estimate of drug-likeness (QED) is 0.0169. The van der Waals surface area contributed by atoms with Gasteiger partial charge < -0.3 is 28.4 Å². The van der Waals surface area contributed by atoms with Crippen LogP contribution in [0.25, 0.3) is 11.1 Å². The van der Waals surface area contributed by atoms with Crippen LogP contribution in [0.4, 0.5) is 0 Å². The molecule has 6 aromatic carbocycles. The number of ether oxygens (including phenoxy) is 6. The Labute approximate surface area is 424 Å². The molecule has 2 unspecified atom stereocenters. The second-order valence-electron chi connectivity index (χ2n) is 17.0. The Morgan fingerprint density at radius 1 is 0.493 bits per heavy atom. The highest BCUT2D eigenvalue weighted by Crippen LogP contribution is 2.56. The van der Waals surface area contributed by atoms with Crippen LogP contribution in [0.3, 0.4) is 0 Å². The molecular weight excluding hydrogens is 933 g/mol. The predicted octanol–water partition coefficient (Wildman–Crippen LogP) is 12.0. The topological polar surface area (TPSA) is 124 Å². The molecule has 0 aromatic heterocycles. The fourth-order valence-electron chi connectivity index (χ4n) is 8.15. The summed E-state index contributed by atoms with van der Waals surface area (Å²) in [5.41, 5.74) is 6.55. The van der Waals surface area contributed by atoms with Crippen molar-refractivity contribution in [2.24, 2.45) is 0 Å². The Bertz CT molecular complexity index is 2570. The van der Waals surface area contributed by atoms with Crippen LogP contribution in [-0.4, -0.2) is 74.0 Å². The molecule has 7 rings (SSSR count). The van der Waals surface area contributed by atoms with E-state index in [1.807, 2.05) is 84.9 Å². The third-order valence-electron chi connectivity index (χ3n) is 11.6. The number of benzene rings is 6. The van der Waals surface area contributed by atoms with E-state index in [-0.39, 0.29) is 39.3 Å². The zero-order valence-electron chi connectivity index (χ0n) is 40.1. The van der Waals surface area contributed by atoms with Crippen molar-refractivity contribution in [1.29, 1.82) is 0 Å². The molecule has 1 aliphatic rings. The van der Waals surface area contributed by atoms with Gasteiger partial charge in [-0.15, -0.1) is 23.5 Å². The van der Waals surface area contributed by atoms with Crippen LogP contribution in [-0.2, 0) is 43.5 Å². The van der Waals surface area contributed by atoms with E-state index >= 15 is 0 Å². The summed E-state index contributed by atoms with van der Waals surface area (Å²) >= 11 is 3.15. The van der Waals surface area contributed by atoms with Crippen molar-refractivity contribution in [3.8, 4) is 22.6 Å². The van der Waals surface area contributed by atoms with Crippen LogP contribution in [0.15, 0.2) is 192 Å². The Morgan fingerprint density at radius 2 is 0.859 bits per heavy atom. The molecule has 0 aliphatic heterocycles. The minimum absolute atomic E-state index is 0.0890. The third-order valence-corrected chi connectivity index (χ3v) is 13.9. The Kier molecular flexibility index (Phi) is 18.8. The molecule has 0 heterocycles. The van der Waals surface area contributed by atoms with Crippen molar-refractivity contribution in [3.63, 3.8) is 0 Å². The van der Waals surface area contributed by atoms with Crippen LogP contribution in [0.1, 0.15) is 61.8 Å². The lowest BCUT2D eigenvalue weighted by Crippen LogP contribution is -2.29. The molecule has 366 valence electrons. The summed E-state index contributed by atoms with van der Waals surface area (Å²) in [6.07, 6.45) is -0.275. The van der Waals surface area contributed by atoms with E-state index in [4.69, 9.17) is 28.4 Å². The molecule has 0 saturated heterocycles. The first kappa shape index (κ1) is 51.8. The number of carbonyl (C=O) groups excluding carboxylic acids is 4. The van der Waals surface area contributed by atoms with Crippen LogP contribution >= 0.6 is 23.5 Å². The normalized spacial score (nSPS) is 12.8. The molecule has 12 heteroatoms. The number of fused-ring (bicyclic) bond motifs is 3. The lowest BCUT2D eigenvalue weighted by atomic mass is 9.68. The largest absolute Gasteiger partial charge is 0.490 e. The third kappa shape index (κ3) is 14.1. The average molecular weight is 991 g/mol. The smallest absolute Gasteiger partial charge is 0.333 e. The number of carbonyl (C=O) groups is 4. The van der Waals surface area contributed by atoms with Crippen LogP contribution in [0, 0.1) is 0 Å². The van der Waals surface area contributed by atoms with Crippen molar-refractivity contribution >= 4 is 47.4 Å². The lowest BCUT2D eigenvalue weighted by Gasteiger charge is -2.34. The summed E-state index contributed by atoms with van der Waals surface area (Å²) in [7, 11) is 0. The fourth-order valence-corrected chi connectivity index (χ4v) is 9.93. The average Bonchev–Trinajstić information content (AvgIpc) is 3.69. The summed E-state index contributed by atoms with van der Waals surface area (Å²) in [6.45, 7) is 10.8. The molecule has 1 aliphatic carbocycles. The van der Waals surface area contributed by atoms with Gasteiger partial charge in [0.1, 0.15) is 36.9 Å². The molecule has 0 spiro atoms. The molecule has 6 aromatic rings. The highest BCUT2D eigenvalue weighted by molar-refractivity contribution is 7.99. The number of hydrogen-bond acceptors (Lipinski definition) is 12. The minimum Gasteiger partial charge on any atom is -0.490 e. The van der Waals surface area contributed by atoms with Gasteiger partial charge in [0.25, 0.3) is 0 Å². The molecule has 0 bridgehead atoms. The van der Waals surface area contributed by atoms with Crippen molar-refractivity contribution in [2.45, 2.75) is 66.9 Å². The standard InChI is InChI=1S/C59H58O10S2/c1-41(2)57(62)64-35-15-25-55(60)68-47(39-70-49-17-7-5-8-18-49)37-66-45-31-27-43(28-32-45)59(53-23-13-11-21-51(53)52-22-12-14-24-54(52)59)44-29-33-46(34-30-44)67-38-48(40-71-50-19-9-6-10-20-50)69-56(61)26-16-36-65-58(63)42(3)4/h5-14,17-24,27-34,47-48H,1,3,15-16,25-26,35-40H2,2,4H3. The van der Waals surface area contributed by atoms with Gasteiger partial charge in [0.15, 0.2) is 0 Å². The van der Waals surface area contributed by atoms with Crippen LogP contribution < -0.4 is 9.47 Å². The van der Waals surface area contributed by atoms with Crippen LogP contribution in [0.2, 0.25) is 0 Å². The number of rotatable bonds is 26. The molecular formula is C59H58O10S2. The molecule has 10 nitrogen and oxygen atoms in total. The number of thioether (sulfide) groups is 2. The second-order valence-corrected chi connectivity index (χ2v) is 19.2. The van der Waals surface area contributed by atoms with Gasteiger partial charge in [0.2, 0.25) is 0 Å². The van der Waals surface area contributed by atoms with Gasteiger partial charge in [-0.2, -0.15) is 0 Å². The van der Waals surface area contributed by atoms with Crippen LogP contribution in [0.5, 0.6) is 11.5 Å². The fraction of sp³-hybridized carbons (Fsp3) is 0.254. The Hall–Kier alpha value is -7.02. The van der Waals surface area contributed by atoms with Gasteiger partial charge in [-0.25, -0.2) is 9.59 Å². The maximum atomic E-state index is 13.0. The van der Waals surface area contributed by atoms with Gasteiger partial charge in [-0.1, -0.05) is 122 Å². The molecule has 71 heavy (non-hydrogen) atoms. The van der Waals surface area contributed by atoms with Crippen molar-refractivity contribution in [1.82, 2.24) is 0 Å². The van der Waals surface area contributed by atoms with E-state index in [1.165, 1.54) is 0 Å². The molecule has 0 saturated carbocycles. The van der Waals surface area contributed by atoms with Gasteiger partial charge in [-0.05, 0) is 109 Å². The summed E-state index contributed by atoms with van der Waals surface area (Å²) in [4.78, 5) is 51.7. The first-order valence-corrected chi connectivity index (χ1v) is 25.5. The monoisotopic (exact) mass is 990 g/mol. The van der Waals surface area contributed by atoms with Crippen molar-refractivity contribution in [3.05, 3.63) is 204 Å². The Balaban J connectivity index is 1.08. The molecule has 2 atom stereocenters. The zero-order valence-corrected chi connectivity index (χ0v) is 41.7. The first-order valence-electron chi connectivity index (χ1n) is 23.6. The van der Waals surface area contributed by atoms with E-state index < -0.39 is 41.5 Å².